The predicted molar refractivity (Wildman–Crippen MR) is 91.9 cm³/mol. The number of nitrogens with one attached hydrogen (secondary N) is 3. The second-order valence-corrected chi connectivity index (χ2v) is 5.47. The van der Waals surface area contributed by atoms with Crippen LogP contribution in [-0.4, -0.2) is 25.0 Å². The van der Waals surface area contributed by atoms with Gasteiger partial charge in [0.2, 0.25) is 5.91 Å². The number of hydrogen-bond acceptors (Lipinski definition) is 4. The Balaban J connectivity index is 1.33. The summed E-state index contributed by atoms with van der Waals surface area (Å²) < 4.78 is 10.8. The van der Waals surface area contributed by atoms with Crippen LogP contribution in [0.1, 0.15) is 11.5 Å². The first-order chi connectivity index (χ1) is 12.2. The molecule has 0 aliphatic carbocycles. The monoisotopic (exact) mass is 341 g/mol. The van der Waals surface area contributed by atoms with E-state index in [0.29, 0.717) is 18.7 Å². The Labute approximate surface area is 144 Å². The molecule has 130 valence electrons. The molecule has 3 rings (SSSR count). The molecule has 0 saturated heterocycles. The van der Waals surface area contributed by atoms with Gasteiger partial charge >= 0.3 is 6.03 Å². The van der Waals surface area contributed by atoms with Crippen LogP contribution in [0.3, 0.4) is 0 Å². The van der Waals surface area contributed by atoms with Crippen molar-refractivity contribution in [3.05, 3.63) is 60.2 Å². The average Bonchev–Trinajstić information content (AvgIpc) is 3.27. The van der Waals surface area contributed by atoms with Gasteiger partial charge in [-0.15, -0.1) is 0 Å². The molecule has 0 aliphatic rings. The summed E-state index contributed by atoms with van der Waals surface area (Å²) in [5.74, 6) is 1.19. The summed E-state index contributed by atoms with van der Waals surface area (Å²) in [7, 11) is 0. The number of amides is 3. The van der Waals surface area contributed by atoms with Crippen molar-refractivity contribution < 1.29 is 18.4 Å². The lowest BCUT2D eigenvalue weighted by molar-refractivity contribution is -0.120. The van der Waals surface area contributed by atoms with Gasteiger partial charge in [0.15, 0.2) is 0 Å². The first kappa shape index (κ1) is 16.6. The van der Waals surface area contributed by atoms with Crippen LogP contribution in [0.25, 0.3) is 11.0 Å². The molecule has 0 saturated carbocycles. The van der Waals surface area contributed by atoms with Crippen LogP contribution in [0.15, 0.2) is 57.6 Å². The van der Waals surface area contributed by atoms with Crippen molar-refractivity contribution in [2.24, 2.45) is 0 Å². The van der Waals surface area contributed by atoms with Gasteiger partial charge in [-0.2, -0.15) is 0 Å². The third-order valence-electron chi connectivity index (χ3n) is 3.58. The number of carbonyl (C=O) groups is 2. The molecule has 7 nitrogen and oxygen atoms in total. The summed E-state index contributed by atoms with van der Waals surface area (Å²) in [5, 5.41) is 8.87. The molecule has 0 aliphatic heterocycles. The lowest BCUT2D eigenvalue weighted by Crippen LogP contribution is -2.42. The van der Waals surface area contributed by atoms with Gasteiger partial charge in [-0.05, 0) is 24.3 Å². The van der Waals surface area contributed by atoms with E-state index < -0.39 is 6.03 Å². The molecule has 0 bridgehead atoms. The molecule has 3 N–H and O–H groups in total. The molecule has 3 aromatic rings. The number of hydrogen-bond donors (Lipinski definition) is 3. The molecule has 0 fully saturated rings. The number of furan rings is 2. The van der Waals surface area contributed by atoms with E-state index in [1.54, 1.807) is 12.1 Å². The maximum absolute atomic E-state index is 11.7. The van der Waals surface area contributed by atoms with E-state index in [2.05, 4.69) is 16.0 Å². The Hall–Kier alpha value is -3.22. The number of fused-ring (bicyclic) bond motifs is 1. The molecule has 25 heavy (non-hydrogen) atoms. The summed E-state index contributed by atoms with van der Waals surface area (Å²) in [6.07, 6.45) is 2.12. The van der Waals surface area contributed by atoms with Crippen molar-refractivity contribution in [2.45, 2.75) is 13.0 Å². The normalized spacial score (nSPS) is 10.6. The van der Waals surface area contributed by atoms with Gasteiger partial charge in [0.1, 0.15) is 17.1 Å². The van der Waals surface area contributed by atoms with Gasteiger partial charge in [0.05, 0.1) is 19.4 Å². The molecule has 7 heteroatoms. The number of benzene rings is 1. The topological polar surface area (TPSA) is 96.5 Å². The molecule has 0 atom stereocenters. The van der Waals surface area contributed by atoms with Crippen molar-refractivity contribution in [3.8, 4) is 0 Å². The molecular formula is C18H19N3O4. The minimum atomic E-state index is -0.427. The first-order valence-electron chi connectivity index (χ1n) is 7.99. The zero-order chi connectivity index (χ0) is 17.5. The van der Waals surface area contributed by atoms with Crippen molar-refractivity contribution in [3.63, 3.8) is 0 Å². The fraction of sp³-hybridized carbons (Fsp3) is 0.222. The molecule has 2 heterocycles. The third-order valence-corrected chi connectivity index (χ3v) is 3.58. The number of urea groups is 1. The minimum Gasteiger partial charge on any atom is -0.467 e. The third kappa shape index (κ3) is 4.87. The SMILES string of the molecule is O=C(CNC(=O)NCc1ccco1)NCCc1cc2ccccc2o1. The zero-order valence-corrected chi connectivity index (χ0v) is 13.6. The van der Waals surface area contributed by atoms with Crippen LogP contribution in [0.2, 0.25) is 0 Å². The van der Waals surface area contributed by atoms with Gasteiger partial charge in [0, 0.05) is 18.4 Å². The Morgan fingerprint density at radius 1 is 0.960 bits per heavy atom. The fourth-order valence-electron chi connectivity index (χ4n) is 2.35. The number of carbonyl (C=O) groups excluding carboxylic acids is 2. The Morgan fingerprint density at radius 2 is 1.84 bits per heavy atom. The fourth-order valence-corrected chi connectivity index (χ4v) is 2.35. The van der Waals surface area contributed by atoms with Crippen LogP contribution in [0.4, 0.5) is 4.79 Å². The number of rotatable bonds is 7. The second kappa shape index (κ2) is 8.05. The van der Waals surface area contributed by atoms with E-state index in [0.717, 1.165) is 16.7 Å². The van der Waals surface area contributed by atoms with Crippen molar-refractivity contribution in [1.82, 2.24) is 16.0 Å². The molecule has 3 amide bonds. The number of para-hydroxylation sites is 1. The summed E-state index contributed by atoms with van der Waals surface area (Å²) >= 11 is 0. The predicted octanol–water partition coefficient (Wildman–Crippen LogP) is 2.18. The highest BCUT2D eigenvalue weighted by Gasteiger charge is 2.07. The maximum atomic E-state index is 11.7. The van der Waals surface area contributed by atoms with Crippen molar-refractivity contribution in [1.29, 1.82) is 0 Å². The summed E-state index contributed by atoms with van der Waals surface area (Å²) in [5.41, 5.74) is 0.832. The Bertz CT molecular complexity index is 806. The van der Waals surface area contributed by atoms with Crippen LogP contribution in [-0.2, 0) is 17.8 Å². The molecule has 0 unspecified atom stereocenters. The van der Waals surface area contributed by atoms with Crippen LogP contribution in [0.5, 0.6) is 0 Å². The van der Waals surface area contributed by atoms with E-state index in [1.165, 1.54) is 6.26 Å². The Morgan fingerprint density at radius 3 is 2.64 bits per heavy atom. The van der Waals surface area contributed by atoms with Gasteiger partial charge in [-0.25, -0.2) is 4.79 Å². The van der Waals surface area contributed by atoms with E-state index in [9.17, 15) is 9.59 Å². The Kier molecular flexibility index (Phi) is 5.36. The average molecular weight is 341 g/mol. The van der Waals surface area contributed by atoms with Crippen molar-refractivity contribution >= 4 is 22.9 Å². The van der Waals surface area contributed by atoms with Gasteiger partial charge in [-0.1, -0.05) is 18.2 Å². The van der Waals surface area contributed by atoms with Crippen LogP contribution >= 0.6 is 0 Å². The molecule has 0 spiro atoms. The molecule has 2 aromatic heterocycles. The largest absolute Gasteiger partial charge is 0.467 e. The zero-order valence-electron chi connectivity index (χ0n) is 13.6. The van der Waals surface area contributed by atoms with E-state index in [4.69, 9.17) is 8.83 Å². The summed E-state index contributed by atoms with van der Waals surface area (Å²) in [6.45, 7) is 0.616. The summed E-state index contributed by atoms with van der Waals surface area (Å²) in [6, 6.07) is 12.8. The molecule has 1 aromatic carbocycles. The van der Waals surface area contributed by atoms with Gasteiger partial charge in [0.25, 0.3) is 0 Å². The quantitative estimate of drug-likeness (QED) is 0.614. The molecule has 0 radical (unpaired) electrons. The highest BCUT2D eigenvalue weighted by molar-refractivity contribution is 5.83. The first-order valence-corrected chi connectivity index (χ1v) is 7.99. The van der Waals surface area contributed by atoms with Gasteiger partial charge in [-0.3, -0.25) is 4.79 Å². The van der Waals surface area contributed by atoms with E-state index in [-0.39, 0.29) is 19.0 Å². The second-order valence-electron chi connectivity index (χ2n) is 5.47. The highest BCUT2D eigenvalue weighted by atomic mass is 16.3. The van der Waals surface area contributed by atoms with Crippen LogP contribution < -0.4 is 16.0 Å². The van der Waals surface area contributed by atoms with Crippen LogP contribution in [0, 0.1) is 0 Å². The standard InChI is InChI=1S/C18H19N3O4/c22-17(12-21-18(23)20-11-15-5-3-9-24-15)19-8-7-14-10-13-4-1-2-6-16(13)25-14/h1-6,9-10H,7-8,11-12H2,(H,19,22)(H2,20,21,23). The maximum Gasteiger partial charge on any atom is 0.315 e. The smallest absolute Gasteiger partial charge is 0.315 e. The molecular weight excluding hydrogens is 322 g/mol. The highest BCUT2D eigenvalue weighted by Crippen LogP contribution is 2.18. The van der Waals surface area contributed by atoms with Gasteiger partial charge < -0.3 is 24.8 Å². The lowest BCUT2D eigenvalue weighted by Gasteiger charge is -2.07. The minimum absolute atomic E-state index is 0.0931. The van der Waals surface area contributed by atoms with Crippen molar-refractivity contribution in [2.75, 3.05) is 13.1 Å². The van der Waals surface area contributed by atoms with E-state index >= 15 is 0 Å². The summed E-state index contributed by atoms with van der Waals surface area (Å²) in [4.78, 5) is 23.3. The van der Waals surface area contributed by atoms with E-state index in [1.807, 2.05) is 30.3 Å². The lowest BCUT2D eigenvalue weighted by atomic mass is 10.2.